The maximum absolute atomic E-state index is 13.7. The first-order chi connectivity index (χ1) is 7.97. The molecule has 1 aromatic rings. The summed E-state index contributed by atoms with van der Waals surface area (Å²) < 4.78 is 13.7. The van der Waals surface area contributed by atoms with Crippen LogP contribution in [0, 0.1) is 17.3 Å². The van der Waals surface area contributed by atoms with Gasteiger partial charge < -0.3 is 4.90 Å². The Kier molecular flexibility index (Phi) is 4.47. The van der Waals surface area contributed by atoms with Crippen LogP contribution in [0.3, 0.4) is 0 Å². The lowest BCUT2D eigenvalue weighted by Crippen LogP contribution is -2.27. The van der Waals surface area contributed by atoms with E-state index < -0.39 is 0 Å². The highest BCUT2D eigenvalue weighted by atomic mass is 35.5. The Morgan fingerprint density at radius 3 is 2.76 bits per heavy atom. The summed E-state index contributed by atoms with van der Waals surface area (Å²) in [6.07, 6.45) is 1.71. The quantitative estimate of drug-likeness (QED) is 0.461. The molecule has 0 radical (unpaired) electrons. The fraction of sp³-hybridized carbons (Fsp3) is 0.333. The summed E-state index contributed by atoms with van der Waals surface area (Å²) in [7, 11) is 1.76. The van der Waals surface area contributed by atoms with Crippen molar-refractivity contribution in [3.8, 4) is 6.19 Å². The molecule has 90 valence electrons. The second kappa shape index (κ2) is 5.65. The fourth-order valence-corrected chi connectivity index (χ4v) is 1.64. The van der Waals surface area contributed by atoms with E-state index in [1.54, 1.807) is 37.2 Å². The first kappa shape index (κ1) is 13.5. The SMILES string of the molecule is CC(=NC#N)N(C)C(C)c1ccc(Cl)cc1F. The van der Waals surface area contributed by atoms with Crippen molar-refractivity contribution in [1.29, 1.82) is 5.26 Å². The van der Waals surface area contributed by atoms with Crippen LogP contribution in [0.1, 0.15) is 25.5 Å². The van der Waals surface area contributed by atoms with Crippen LogP contribution < -0.4 is 0 Å². The van der Waals surface area contributed by atoms with Gasteiger partial charge in [-0.3, -0.25) is 0 Å². The molecular formula is C12H13ClFN3. The average Bonchev–Trinajstić information content (AvgIpc) is 2.27. The average molecular weight is 254 g/mol. The highest BCUT2D eigenvalue weighted by Crippen LogP contribution is 2.24. The lowest BCUT2D eigenvalue weighted by Gasteiger charge is -2.26. The van der Waals surface area contributed by atoms with E-state index in [1.807, 2.05) is 6.92 Å². The minimum Gasteiger partial charge on any atom is -0.356 e. The third-order valence-electron chi connectivity index (χ3n) is 2.72. The van der Waals surface area contributed by atoms with Crippen molar-refractivity contribution in [2.75, 3.05) is 7.05 Å². The van der Waals surface area contributed by atoms with Gasteiger partial charge in [-0.05, 0) is 26.0 Å². The smallest absolute Gasteiger partial charge is 0.207 e. The van der Waals surface area contributed by atoms with Gasteiger partial charge in [0.2, 0.25) is 6.19 Å². The maximum Gasteiger partial charge on any atom is 0.207 e. The van der Waals surface area contributed by atoms with Gasteiger partial charge in [0.25, 0.3) is 0 Å². The predicted molar refractivity (Wildman–Crippen MR) is 66.3 cm³/mol. The van der Waals surface area contributed by atoms with Crippen LogP contribution in [-0.4, -0.2) is 17.8 Å². The summed E-state index contributed by atoms with van der Waals surface area (Å²) >= 11 is 5.69. The van der Waals surface area contributed by atoms with Crippen LogP contribution in [-0.2, 0) is 0 Å². The number of hydrogen-bond acceptors (Lipinski definition) is 2. The van der Waals surface area contributed by atoms with E-state index in [1.165, 1.54) is 6.07 Å². The minimum atomic E-state index is -0.360. The zero-order chi connectivity index (χ0) is 13.0. The van der Waals surface area contributed by atoms with Crippen molar-refractivity contribution in [3.05, 3.63) is 34.6 Å². The second-order valence-corrected chi connectivity index (χ2v) is 4.15. The van der Waals surface area contributed by atoms with Crippen molar-refractivity contribution in [2.45, 2.75) is 19.9 Å². The molecule has 1 atom stereocenters. The van der Waals surface area contributed by atoms with Crippen LogP contribution in [0.2, 0.25) is 5.02 Å². The molecule has 17 heavy (non-hydrogen) atoms. The first-order valence-electron chi connectivity index (χ1n) is 5.08. The summed E-state index contributed by atoms with van der Waals surface area (Å²) in [6.45, 7) is 3.54. The molecule has 0 N–H and O–H groups in total. The van der Waals surface area contributed by atoms with E-state index in [2.05, 4.69) is 4.99 Å². The van der Waals surface area contributed by atoms with E-state index in [0.29, 0.717) is 16.4 Å². The molecule has 0 aromatic heterocycles. The zero-order valence-corrected chi connectivity index (χ0v) is 10.7. The molecule has 0 heterocycles. The number of nitriles is 1. The molecule has 3 nitrogen and oxygen atoms in total. The molecule has 0 bridgehead atoms. The van der Waals surface area contributed by atoms with Crippen molar-refractivity contribution in [1.82, 2.24) is 4.90 Å². The monoisotopic (exact) mass is 253 g/mol. The fourth-order valence-electron chi connectivity index (χ4n) is 1.48. The molecule has 0 amide bonds. The van der Waals surface area contributed by atoms with E-state index in [0.717, 1.165) is 0 Å². The number of benzene rings is 1. The van der Waals surface area contributed by atoms with Gasteiger partial charge in [0.1, 0.15) is 11.7 Å². The van der Waals surface area contributed by atoms with Gasteiger partial charge in [0, 0.05) is 17.6 Å². The van der Waals surface area contributed by atoms with Crippen molar-refractivity contribution in [3.63, 3.8) is 0 Å². The van der Waals surface area contributed by atoms with Crippen molar-refractivity contribution < 1.29 is 4.39 Å². The van der Waals surface area contributed by atoms with Crippen LogP contribution in [0.4, 0.5) is 4.39 Å². The van der Waals surface area contributed by atoms with E-state index in [4.69, 9.17) is 16.9 Å². The van der Waals surface area contributed by atoms with Crippen molar-refractivity contribution in [2.24, 2.45) is 4.99 Å². The Balaban J connectivity index is 3.01. The molecule has 1 rings (SSSR count). The molecule has 0 aliphatic heterocycles. The molecule has 1 unspecified atom stereocenters. The van der Waals surface area contributed by atoms with Crippen LogP contribution in [0.5, 0.6) is 0 Å². The summed E-state index contributed by atoms with van der Waals surface area (Å²) in [4.78, 5) is 5.35. The Morgan fingerprint density at radius 1 is 1.59 bits per heavy atom. The molecule has 0 aliphatic carbocycles. The van der Waals surface area contributed by atoms with Gasteiger partial charge in [-0.25, -0.2) is 4.39 Å². The lowest BCUT2D eigenvalue weighted by atomic mass is 10.1. The van der Waals surface area contributed by atoms with E-state index in [-0.39, 0.29) is 11.9 Å². The molecule has 0 aliphatic rings. The van der Waals surface area contributed by atoms with Gasteiger partial charge >= 0.3 is 0 Å². The Bertz CT molecular complexity index is 479. The zero-order valence-electron chi connectivity index (χ0n) is 9.91. The molecule has 0 spiro atoms. The molecule has 1 aromatic carbocycles. The standard InChI is InChI=1S/C12H13ClFN3/c1-8(17(3)9(2)16-7-15)11-5-4-10(13)6-12(11)14/h4-6,8H,1-3H3. The van der Waals surface area contributed by atoms with Crippen LogP contribution in [0.15, 0.2) is 23.2 Å². The summed E-state index contributed by atoms with van der Waals surface area (Å²) in [5.41, 5.74) is 0.518. The number of nitrogens with zero attached hydrogens (tertiary/aromatic N) is 3. The van der Waals surface area contributed by atoms with Crippen molar-refractivity contribution >= 4 is 17.4 Å². The van der Waals surface area contributed by atoms with Gasteiger partial charge in [0.05, 0.1) is 6.04 Å². The normalized spacial score (nSPS) is 13.1. The number of amidine groups is 1. The minimum absolute atomic E-state index is 0.218. The third kappa shape index (κ3) is 3.18. The molecule has 0 saturated carbocycles. The lowest BCUT2D eigenvalue weighted by molar-refractivity contribution is 0.387. The highest BCUT2D eigenvalue weighted by Gasteiger charge is 2.16. The molecule has 0 saturated heterocycles. The number of hydrogen-bond donors (Lipinski definition) is 0. The van der Waals surface area contributed by atoms with E-state index in [9.17, 15) is 4.39 Å². The molecular weight excluding hydrogens is 241 g/mol. The Labute approximate surface area is 105 Å². The van der Waals surface area contributed by atoms with Crippen LogP contribution in [0.25, 0.3) is 0 Å². The number of aliphatic imine (C=N–C) groups is 1. The summed E-state index contributed by atoms with van der Waals surface area (Å²) in [6, 6.07) is 4.33. The summed E-state index contributed by atoms with van der Waals surface area (Å²) in [5.74, 6) is 0.177. The van der Waals surface area contributed by atoms with Gasteiger partial charge in [-0.15, -0.1) is 0 Å². The topological polar surface area (TPSA) is 39.4 Å². The maximum atomic E-state index is 13.7. The van der Waals surface area contributed by atoms with Gasteiger partial charge in [0.15, 0.2) is 0 Å². The molecule has 0 fully saturated rings. The Morgan fingerprint density at radius 2 is 2.24 bits per heavy atom. The van der Waals surface area contributed by atoms with E-state index >= 15 is 0 Å². The first-order valence-corrected chi connectivity index (χ1v) is 5.46. The van der Waals surface area contributed by atoms with Gasteiger partial charge in [-0.2, -0.15) is 10.3 Å². The second-order valence-electron chi connectivity index (χ2n) is 3.71. The molecule has 5 heteroatoms. The largest absolute Gasteiger partial charge is 0.356 e. The number of halogens is 2. The Hall–Kier alpha value is -1.60. The van der Waals surface area contributed by atoms with Crippen LogP contribution >= 0.6 is 11.6 Å². The predicted octanol–water partition coefficient (Wildman–Crippen LogP) is 3.37. The third-order valence-corrected chi connectivity index (χ3v) is 2.95. The highest BCUT2D eigenvalue weighted by molar-refractivity contribution is 6.30. The number of rotatable bonds is 2. The summed E-state index contributed by atoms with van der Waals surface area (Å²) in [5, 5.41) is 8.84. The van der Waals surface area contributed by atoms with Gasteiger partial charge in [-0.1, -0.05) is 17.7 Å².